The molecule has 0 unspecified atom stereocenters. The summed E-state index contributed by atoms with van der Waals surface area (Å²) in [6.07, 6.45) is 4.56. The maximum Gasteiger partial charge on any atom is 0.336 e. The van der Waals surface area contributed by atoms with E-state index in [4.69, 9.17) is 9.72 Å². The zero-order chi connectivity index (χ0) is 25.6. The maximum absolute atomic E-state index is 13.4. The summed E-state index contributed by atoms with van der Waals surface area (Å²) in [7, 11) is 0. The van der Waals surface area contributed by atoms with Gasteiger partial charge in [-0.15, -0.1) is 0 Å². The van der Waals surface area contributed by atoms with E-state index in [2.05, 4.69) is 5.10 Å². The topological polar surface area (TPSA) is 73.6 Å². The van der Waals surface area contributed by atoms with Gasteiger partial charge in [0.05, 0.1) is 17.1 Å². The summed E-state index contributed by atoms with van der Waals surface area (Å²) in [5.41, 5.74) is 3.59. The lowest BCUT2D eigenvalue weighted by Gasteiger charge is -2.10. The molecular weight excluding hydrogens is 462 g/mol. The summed E-state index contributed by atoms with van der Waals surface area (Å²) in [5.74, 6) is 0.224. The fourth-order valence-corrected chi connectivity index (χ4v) is 3.79. The molecule has 1 aromatic heterocycles. The Kier molecular flexibility index (Phi) is 6.81. The number of para-hydroxylation sites is 2. The van der Waals surface area contributed by atoms with E-state index >= 15 is 0 Å². The quantitative estimate of drug-likeness (QED) is 0.130. The lowest BCUT2D eigenvalue weighted by atomic mass is 10.1. The van der Waals surface area contributed by atoms with Gasteiger partial charge < -0.3 is 4.74 Å². The molecule has 0 N–H and O–H groups in total. The summed E-state index contributed by atoms with van der Waals surface area (Å²) in [6, 6.07) is 31.4. The summed E-state index contributed by atoms with van der Waals surface area (Å²) >= 11 is 0. The minimum absolute atomic E-state index is 0.294. The van der Waals surface area contributed by atoms with E-state index in [1.165, 1.54) is 17.0 Å². The van der Waals surface area contributed by atoms with Crippen molar-refractivity contribution in [2.75, 3.05) is 0 Å². The summed E-state index contributed by atoms with van der Waals surface area (Å²) < 4.78 is 6.84. The lowest BCUT2D eigenvalue weighted by Crippen LogP contribution is -2.20. The predicted octanol–water partition coefficient (Wildman–Crippen LogP) is 5.87. The molecule has 180 valence electrons. The molecule has 0 saturated carbocycles. The van der Waals surface area contributed by atoms with Crippen molar-refractivity contribution in [1.29, 1.82) is 0 Å². The first-order chi connectivity index (χ1) is 18.1. The van der Waals surface area contributed by atoms with Gasteiger partial charge in [0.2, 0.25) is 0 Å². The van der Waals surface area contributed by atoms with E-state index in [0.717, 1.165) is 16.7 Å². The number of esters is 1. The molecule has 5 rings (SSSR count). The number of aromatic nitrogens is 2. The van der Waals surface area contributed by atoms with Crippen LogP contribution in [-0.4, -0.2) is 21.8 Å². The molecule has 0 aliphatic heterocycles. The van der Waals surface area contributed by atoms with Gasteiger partial charge in [0.1, 0.15) is 5.75 Å². The molecule has 0 fully saturated rings. The first-order valence-electron chi connectivity index (χ1n) is 11.8. The van der Waals surface area contributed by atoms with E-state index in [-0.39, 0.29) is 5.56 Å². The van der Waals surface area contributed by atoms with Crippen LogP contribution in [0.3, 0.4) is 0 Å². The fourth-order valence-electron chi connectivity index (χ4n) is 3.79. The number of benzene rings is 4. The van der Waals surface area contributed by atoms with E-state index in [1.54, 1.807) is 48.5 Å². The van der Waals surface area contributed by atoms with Gasteiger partial charge in [-0.2, -0.15) is 9.78 Å². The SMILES string of the molecule is Cc1ccc(-c2nc3ccccc3c(=O)n2N=Cc2ccccc2OC(=O)/C=C/c2ccccc2)cc1. The number of carbonyl (C=O) groups excluding carboxylic acids is 1. The van der Waals surface area contributed by atoms with Crippen LogP contribution in [0.2, 0.25) is 0 Å². The molecule has 0 saturated heterocycles. The number of ether oxygens (including phenoxy) is 1. The van der Waals surface area contributed by atoms with Gasteiger partial charge in [-0.3, -0.25) is 4.79 Å². The van der Waals surface area contributed by atoms with Crippen molar-refractivity contribution in [3.63, 3.8) is 0 Å². The van der Waals surface area contributed by atoms with E-state index in [0.29, 0.717) is 28.0 Å². The van der Waals surface area contributed by atoms with Gasteiger partial charge in [-0.25, -0.2) is 9.78 Å². The number of hydrogen-bond acceptors (Lipinski definition) is 5. The number of hydrogen-bond donors (Lipinski definition) is 0. The monoisotopic (exact) mass is 485 g/mol. The molecule has 0 aliphatic carbocycles. The number of nitrogens with zero attached hydrogens (tertiary/aromatic N) is 3. The van der Waals surface area contributed by atoms with Crippen molar-refractivity contribution < 1.29 is 9.53 Å². The van der Waals surface area contributed by atoms with Gasteiger partial charge in [-0.1, -0.05) is 84.4 Å². The first kappa shape index (κ1) is 23.6. The Bertz CT molecular complexity index is 1690. The minimum Gasteiger partial charge on any atom is -0.423 e. The lowest BCUT2D eigenvalue weighted by molar-refractivity contribution is -0.128. The van der Waals surface area contributed by atoms with Gasteiger partial charge in [0.25, 0.3) is 5.56 Å². The highest BCUT2D eigenvalue weighted by Gasteiger charge is 2.13. The van der Waals surface area contributed by atoms with Crippen molar-refractivity contribution in [1.82, 2.24) is 9.66 Å². The highest BCUT2D eigenvalue weighted by molar-refractivity contribution is 5.91. The maximum atomic E-state index is 13.4. The Morgan fingerprint density at radius 2 is 1.57 bits per heavy atom. The third kappa shape index (κ3) is 5.44. The second-order valence-electron chi connectivity index (χ2n) is 8.38. The molecule has 0 aliphatic rings. The van der Waals surface area contributed by atoms with Crippen LogP contribution in [0.4, 0.5) is 0 Å². The molecule has 0 radical (unpaired) electrons. The smallest absolute Gasteiger partial charge is 0.336 e. The molecule has 4 aromatic carbocycles. The van der Waals surface area contributed by atoms with Crippen molar-refractivity contribution in [2.45, 2.75) is 6.92 Å². The molecule has 0 amide bonds. The Balaban J connectivity index is 1.50. The van der Waals surface area contributed by atoms with E-state index in [9.17, 15) is 9.59 Å². The zero-order valence-electron chi connectivity index (χ0n) is 20.1. The highest BCUT2D eigenvalue weighted by Crippen LogP contribution is 2.21. The average molecular weight is 486 g/mol. The number of fused-ring (bicyclic) bond motifs is 1. The molecule has 0 bridgehead atoms. The number of aryl methyl sites for hydroxylation is 1. The van der Waals surface area contributed by atoms with Crippen LogP contribution in [0.1, 0.15) is 16.7 Å². The standard InChI is InChI=1S/C31H23N3O3/c1-22-15-18-24(19-16-22)30-33-27-13-7-6-12-26(27)31(36)34(30)32-21-25-11-5-8-14-28(25)37-29(35)20-17-23-9-3-2-4-10-23/h2-21H,1H3/b20-17+,32-21?. The normalized spacial score (nSPS) is 11.4. The number of rotatable bonds is 6. The fraction of sp³-hybridized carbons (Fsp3) is 0.0323. The third-order valence-electron chi connectivity index (χ3n) is 5.72. The highest BCUT2D eigenvalue weighted by atomic mass is 16.5. The summed E-state index contributed by atoms with van der Waals surface area (Å²) in [6.45, 7) is 2.00. The van der Waals surface area contributed by atoms with Crippen molar-refractivity contribution in [3.05, 3.63) is 136 Å². The largest absolute Gasteiger partial charge is 0.423 e. The van der Waals surface area contributed by atoms with Gasteiger partial charge in [-0.05, 0) is 42.8 Å². The Hall–Kier alpha value is -5.10. The van der Waals surface area contributed by atoms with Crippen molar-refractivity contribution >= 4 is 29.2 Å². The van der Waals surface area contributed by atoms with Crippen molar-refractivity contribution in [3.8, 4) is 17.1 Å². The van der Waals surface area contributed by atoms with Crippen molar-refractivity contribution in [2.24, 2.45) is 5.10 Å². The molecule has 5 aromatic rings. The minimum atomic E-state index is -0.519. The van der Waals surface area contributed by atoms with Crippen LogP contribution in [-0.2, 0) is 4.79 Å². The average Bonchev–Trinajstić information content (AvgIpc) is 2.93. The predicted molar refractivity (Wildman–Crippen MR) is 147 cm³/mol. The van der Waals surface area contributed by atoms with Crippen LogP contribution < -0.4 is 10.3 Å². The van der Waals surface area contributed by atoms with Crippen LogP contribution >= 0.6 is 0 Å². The zero-order valence-corrected chi connectivity index (χ0v) is 20.1. The number of carbonyl (C=O) groups is 1. The second kappa shape index (κ2) is 10.7. The van der Waals surface area contributed by atoms with Gasteiger partial charge in [0.15, 0.2) is 5.82 Å². The Morgan fingerprint density at radius 3 is 2.38 bits per heavy atom. The molecule has 6 heteroatoms. The third-order valence-corrected chi connectivity index (χ3v) is 5.72. The summed E-state index contributed by atoms with van der Waals surface area (Å²) in [4.78, 5) is 30.6. The molecule has 37 heavy (non-hydrogen) atoms. The molecule has 6 nitrogen and oxygen atoms in total. The van der Waals surface area contributed by atoms with Crippen LogP contribution in [0.5, 0.6) is 5.75 Å². The molecule has 0 atom stereocenters. The Labute approximate surface area is 213 Å². The van der Waals surface area contributed by atoms with Crippen LogP contribution in [0, 0.1) is 6.92 Å². The van der Waals surface area contributed by atoms with Gasteiger partial charge in [0, 0.05) is 17.2 Å². The molecular formula is C31H23N3O3. The van der Waals surface area contributed by atoms with E-state index < -0.39 is 5.97 Å². The molecule has 0 spiro atoms. The first-order valence-corrected chi connectivity index (χ1v) is 11.8. The van der Waals surface area contributed by atoms with E-state index in [1.807, 2.05) is 67.6 Å². The Morgan fingerprint density at radius 1 is 0.865 bits per heavy atom. The second-order valence-corrected chi connectivity index (χ2v) is 8.38. The van der Waals surface area contributed by atoms with Crippen LogP contribution in [0.15, 0.2) is 119 Å². The van der Waals surface area contributed by atoms with Crippen LogP contribution in [0.25, 0.3) is 28.4 Å². The van der Waals surface area contributed by atoms with Gasteiger partial charge >= 0.3 is 5.97 Å². The summed E-state index contributed by atoms with van der Waals surface area (Å²) in [5, 5.41) is 4.95. The molecule has 1 heterocycles.